The van der Waals surface area contributed by atoms with Gasteiger partial charge in [-0.1, -0.05) is 6.07 Å². The standard InChI is InChI=1S/C14H9F4NO/c1-8-4-10(14(16,17)18)2-3-12(8)13(20)9-5-11(15)7-19-6-9/h2-7H,1H3. The predicted molar refractivity (Wildman–Crippen MR) is 63.8 cm³/mol. The fraction of sp³-hybridized carbons (Fsp3) is 0.143. The fourth-order valence-electron chi connectivity index (χ4n) is 1.79. The second kappa shape index (κ2) is 5.03. The van der Waals surface area contributed by atoms with Gasteiger partial charge in [0.15, 0.2) is 5.78 Å². The highest BCUT2D eigenvalue weighted by Gasteiger charge is 2.31. The van der Waals surface area contributed by atoms with E-state index in [2.05, 4.69) is 4.98 Å². The van der Waals surface area contributed by atoms with Gasteiger partial charge in [0.05, 0.1) is 11.8 Å². The van der Waals surface area contributed by atoms with Gasteiger partial charge in [-0.3, -0.25) is 9.78 Å². The topological polar surface area (TPSA) is 30.0 Å². The van der Waals surface area contributed by atoms with Crippen LogP contribution in [0.25, 0.3) is 0 Å². The number of carbonyl (C=O) groups excluding carboxylic acids is 1. The molecule has 0 amide bonds. The summed E-state index contributed by atoms with van der Waals surface area (Å²) in [7, 11) is 0. The molecule has 104 valence electrons. The molecule has 1 heterocycles. The van der Waals surface area contributed by atoms with Crippen LogP contribution in [0.1, 0.15) is 27.0 Å². The number of pyridine rings is 1. The van der Waals surface area contributed by atoms with Crippen molar-refractivity contribution >= 4 is 5.78 Å². The lowest BCUT2D eigenvalue weighted by Gasteiger charge is -2.10. The lowest BCUT2D eigenvalue weighted by molar-refractivity contribution is -0.137. The van der Waals surface area contributed by atoms with Gasteiger partial charge < -0.3 is 0 Å². The molecule has 20 heavy (non-hydrogen) atoms. The molecule has 0 radical (unpaired) electrons. The Morgan fingerprint density at radius 3 is 2.40 bits per heavy atom. The number of nitrogens with zero attached hydrogens (tertiary/aromatic N) is 1. The van der Waals surface area contributed by atoms with E-state index in [0.717, 1.165) is 30.5 Å². The zero-order valence-corrected chi connectivity index (χ0v) is 10.3. The molecule has 1 aromatic carbocycles. The van der Waals surface area contributed by atoms with E-state index in [1.165, 1.54) is 13.1 Å². The monoisotopic (exact) mass is 283 g/mol. The van der Waals surface area contributed by atoms with Crippen molar-refractivity contribution in [1.29, 1.82) is 0 Å². The Bertz CT molecular complexity index is 664. The molecule has 0 bridgehead atoms. The number of rotatable bonds is 2. The van der Waals surface area contributed by atoms with Crippen molar-refractivity contribution in [3.05, 3.63) is 64.7 Å². The third kappa shape index (κ3) is 2.84. The summed E-state index contributed by atoms with van der Waals surface area (Å²) in [5.74, 6) is -1.25. The minimum absolute atomic E-state index is 0.00661. The smallest absolute Gasteiger partial charge is 0.289 e. The Hall–Kier alpha value is -2.24. The van der Waals surface area contributed by atoms with Crippen LogP contribution in [0.2, 0.25) is 0 Å². The molecule has 0 saturated heterocycles. The number of benzene rings is 1. The Morgan fingerprint density at radius 2 is 1.85 bits per heavy atom. The van der Waals surface area contributed by atoms with Crippen molar-refractivity contribution < 1.29 is 22.4 Å². The van der Waals surface area contributed by atoms with Crippen molar-refractivity contribution in [2.24, 2.45) is 0 Å². The van der Waals surface area contributed by atoms with E-state index >= 15 is 0 Å². The lowest BCUT2D eigenvalue weighted by Crippen LogP contribution is -2.09. The molecule has 2 nitrogen and oxygen atoms in total. The number of halogens is 4. The molecular weight excluding hydrogens is 274 g/mol. The zero-order chi connectivity index (χ0) is 14.9. The third-order valence-corrected chi connectivity index (χ3v) is 2.77. The van der Waals surface area contributed by atoms with Crippen molar-refractivity contribution in [3.8, 4) is 0 Å². The summed E-state index contributed by atoms with van der Waals surface area (Å²) in [4.78, 5) is 15.6. The van der Waals surface area contributed by atoms with Crippen molar-refractivity contribution in [3.63, 3.8) is 0 Å². The van der Waals surface area contributed by atoms with Gasteiger partial charge >= 0.3 is 6.18 Å². The van der Waals surface area contributed by atoms with E-state index in [1.807, 2.05) is 0 Å². The normalized spacial score (nSPS) is 11.4. The van der Waals surface area contributed by atoms with Crippen LogP contribution in [0.4, 0.5) is 17.6 Å². The quantitative estimate of drug-likeness (QED) is 0.620. The largest absolute Gasteiger partial charge is 0.416 e. The van der Waals surface area contributed by atoms with Crippen molar-refractivity contribution in [2.45, 2.75) is 13.1 Å². The summed E-state index contributed by atoms with van der Waals surface area (Å²) >= 11 is 0. The maximum atomic E-state index is 13.0. The van der Waals surface area contributed by atoms with Crippen molar-refractivity contribution in [2.75, 3.05) is 0 Å². The Labute approximate surface area is 112 Å². The van der Waals surface area contributed by atoms with Crippen LogP contribution < -0.4 is 0 Å². The van der Waals surface area contributed by atoms with E-state index in [0.29, 0.717) is 0 Å². The minimum Gasteiger partial charge on any atom is -0.289 e. The Morgan fingerprint density at radius 1 is 1.15 bits per heavy atom. The average Bonchev–Trinajstić information content (AvgIpc) is 2.36. The predicted octanol–water partition coefficient (Wildman–Crippen LogP) is 3.78. The maximum absolute atomic E-state index is 13.0. The van der Waals surface area contributed by atoms with E-state index in [1.54, 1.807) is 0 Å². The highest BCUT2D eigenvalue weighted by atomic mass is 19.4. The first-order chi connectivity index (χ1) is 9.29. The first-order valence-electron chi connectivity index (χ1n) is 5.62. The fourth-order valence-corrected chi connectivity index (χ4v) is 1.79. The summed E-state index contributed by atoms with van der Waals surface area (Å²) < 4.78 is 50.6. The summed E-state index contributed by atoms with van der Waals surface area (Å²) in [6.07, 6.45) is -2.36. The lowest BCUT2D eigenvalue weighted by atomic mass is 9.98. The van der Waals surface area contributed by atoms with Gasteiger partial charge in [-0.15, -0.1) is 0 Å². The molecule has 0 atom stereocenters. The Kier molecular flexibility index (Phi) is 3.57. The number of aromatic nitrogens is 1. The molecule has 0 saturated carbocycles. The van der Waals surface area contributed by atoms with Gasteiger partial charge in [0.2, 0.25) is 0 Å². The van der Waals surface area contributed by atoms with Gasteiger partial charge in [-0.05, 0) is 30.7 Å². The molecule has 0 fully saturated rings. The molecule has 0 aliphatic rings. The number of hydrogen-bond acceptors (Lipinski definition) is 2. The first-order valence-corrected chi connectivity index (χ1v) is 5.62. The molecule has 0 aliphatic heterocycles. The molecule has 0 unspecified atom stereocenters. The van der Waals surface area contributed by atoms with E-state index < -0.39 is 23.3 Å². The summed E-state index contributed by atoms with van der Waals surface area (Å²) in [5, 5.41) is 0. The van der Waals surface area contributed by atoms with Crippen LogP contribution in [0.15, 0.2) is 36.7 Å². The average molecular weight is 283 g/mol. The second-order valence-corrected chi connectivity index (χ2v) is 4.25. The summed E-state index contributed by atoms with van der Waals surface area (Å²) in [6, 6.07) is 3.80. The first kappa shape index (κ1) is 14.2. The van der Waals surface area contributed by atoms with Crippen LogP contribution >= 0.6 is 0 Å². The van der Waals surface area contributed by atoms with Crippen molar-refractivity contribution in [1.82, 2.24) is 4.98 Å². The molecule has 0 N–H and O–H groups in total. The summed E-state index contributed by atoms with van der Waals surface area (Å²) in [6.45, 7) is 1.40. The summed E-state index contributed by atoms with van der Waals surface area (Å²) in [5.41, 5.74) is -0.573. The molecule has 1 aromatic heterocycles. The number of ketones is 1. The van der Waals surface area contributed by atoms with Crippen LogP contribution in [-0.2, 0) is 6.18 Å². The Balaban J connectivity index is 2.41. The number of alkyl halides is 3. The second-order valence-electron chi connectivity index (χ2n) is 4.25. The molecule has 2 rings (SSSR count). The van der Waals surface area contributed by atoms with E-state index in [-0.39, 0.29) is 16.7 Å². The van der Waals surface area contributed by atoms with Crippen LogP contribution in [0.3, 0.4) is 0 Å². The van der Waals surface area contributed by atoms with Gasteiger partial charge in [0.1, 0.15) is 5.82 Å². The zero-order valence-electron chi connectivity index (χ0n) is 10.3. The number of hydrogen-bond donors (Lipinski definition) is 0. The SMILES string of the molecule is Cc1cc(C(F)(F)F)ccc1C(=O)c1cncc(F)c1. The minimum atomic E-state index is -4.47. The molecular formula is C14H9F4NO. The van der Waals surface area contributed by atoms with Crippen LogP contribution in [-0.4, -0.2) is 10.8 Å². The highest BCUT2D eigenvalue weighted by Crippen LogP contribution is 2.30. The third-order valence-electron chi connectivity index (χ3n) is 2.77. The van der Waals surface area contributed by atoms with Crippen LogP contribution in [0, 0.1) is 12.7 Å². The van der Waals surface area contributed by atoms with E-state index in [4.69, 9.17) is 0 Å². The molecule has 2 aromatic rings. The van der Waals surface area contributed by atoms with Gasteiger partial charge in [-0.2, -0.15) is 13.2 Å². The molecule has 0 spiro atoms. The number of aryl methyl sites for hydroxylation is 1. The number of carbonyl (C=O) groups is 1. The highest BCUT2D eigenvalue weighted by molar-refractivity contribution is 6.09. The maximum Gasteiger partial charge on any atom is 0.416 e. The van der Waals surface area contributed by atoms with E-state index in [9.17, 15) is 22.4 Å². The van der Waals surface area contributed by atoms with Gasteiger partial charge in [-0.25, -0.2) is 4.39 Å². The van der Waals surface area contributed by atoms with Gasteiger partial charge in [0, 0.05) is 17.3 Å². The molecule has 6 heteroatoms. The van der Waals surface area contributed by atoms with Crippen LogP contribution in [0.5, 0.6) is 0 Å². The molecule has 0 aliphatic carbocycles. The van der Waals surface area contributed by atoms with Gasteiger partial charge in [0.25, 0.3) is 0 Å².